The number of hydrogen-bond acceptors (Lipinski definition) is 4. The van der Waals surface area contributed by atoms with Gasteiger partial charge in [-0.3, -0.25) is 4.79 Å². The van der Waals surface area contributed by atoms with Crippen LogP contribution in [-0.4, -0.2) is 31.4 Å². The molecular formula is C13H15N3O2S. The fourth-order valence-electron chi connectivity index (χ4n) is 2.07. The van der Waals surface area contributed by atoms with Crippen LogP contribution in [0.5, 0.6) is 0 Å². The molecule has 19 heavy (non-hydrogen) atoms. The second-order valence-corrected chi connectivity index (χ2v) is 6.26. The molecule has 5 nitrogen and oxygen atoms in total. The zero-order chi connectivity index (χ0) is 13.5. The van der Waals surface area contributed by atoms with Gasteiger partial charge in [0.1, 0.15) is 5.52 Å². The van der Waals surface area contributed by atoms with E-state index in [-0.39, 0.29) is 5.75 Å². The van der Waals surface area contributed by atoms with Crippen molar-refractivity contribution in [1.29, 1.82) is 0 Å². The SMILES string of the molecule is CC1(Cn2c(SCC(=O)O)nc3cccnc32)CC1. The highest BCUT2D eigenvalue weighted by Gasteiger charge is 2.38. The summed E-state index contributed by atoms with van der Waals surface area (Å²) >= 11 is 1.26. The summed E-state index contributed by atoms with van der Waals surface area (Å²) in [5.74, 6) is -0.797. The Kier molecular flexibility index (Phi) is 2.97. The Morgan fingerprint density at radius 2 is 2.37 bits per heavy atom. The number of carboxylic acid groups (broad SMARTS) is 1. The summed E-state index contributed by atoms with van der Waals surface area (Å²) in [5, 5.41) is 9.57. The van der Waals surface area contributed by atoms with Crippen molar-refractivity contribution >= 4 is 28.9 Å². The van der Waals surface area contributed by atoms with Gasteiger partial charge in [-0.2, -0.15) is 0 Å². The van der Waals surface area contributed by atoms with Crippen LogP contribution in [0.3, 0.4) is 0 Å². The first kappa shape index (κ1) is 12.5. The number of rotatable bonds is 5. The number of hydrogen-bond donors (Lipinski definition) is 1. The standard InChI is InChI=1S/C13H15N3O2S/c1-13(4-5-13)8-16-11-9(3-2-6-14-11)15-12(16)19-7-10(17)18/h2-3,6H,4-5,7-8H2,1H3,(H,17,18). The average molecular weight is 277 g/mol. The molecule has 3 rings (SSSR count). The molecule has 1 fully saturated rings. The number of fused-ring (bicyclic) bond motifs is 1. The highest BCUT2D eigenvalue weighted by atomic mass is 32.2. The molecule has 0 aliphatic heterocycles. The Morgan fingerprint density at radius 3 is 3.05 bits per heavy atom. The fraction of sp³-hybridized carbons (Fsp3) is 0.462. The molecule has 0 saturated heterocycles. The molecule has 6 heteroatoms. The summed E-state index contributed by atoms with van der Waals surface area (Å²) < 4.78 is 2.07. The lowest BCUT2D eigenvalue weighted by Crippen LogP contribution is -2.10. The van der Waals surface area contributed by atoms with Gasteiger partial charge in [0.2, 0.25) is 0 Å². The van der Waals surface area contributed by atoms with Crippen molar-refractivity contribution < 1.29 is 9.90 Å². The van der Waals surface area contributed by atoms with E-state index >= 15 is 0 Å². The molecule has 2 aromatic heterocycles. The zero-order valence-electron chi connectivity index (χ0n) is 10.7. The Labute approximate surface area is 115 Å². The highest BCUT2D eigenvalue weighted by molar-refractivity contribution is 7.99. The van der Waals surface area contributed by atoms with Crippen LogP contribution < -0.4 is 0 Å². The molecule has 100 valence electrons. The third kappa shape index (κ3) is 2.58. The topological polar surface area (TPSA) is 68.0 Å². The first-order valence-corrected chi connectivity index (χ1v) is 7.22. The van der Waals surface area contributed by atoms with Gasteiger partial charge in [0, 0.05) is 12.7 Å². The first-order chi connectivity index (χ1) is 9.07. The Balaban J connectivity index is 1.98. The van der Waals surface area contributed by atoms with E-state index in [1.54, 1.807) is 6.20 Å². The van der Waals surface area contributed by atoms with Gasteiger partial charge in [0.15, 0.2) is 10.8 Å². The van der Waals surface area contributed by atoms with Crippen LogP contribution in [0.25, 0.3) is 11.2 Å². The van der Waals surface area contributed by atoms with Crippen molar-refractivity contribution in [2.24, 2.45) is 5.41 Å². The zero-order valence-corrected chi connectivity index (χ0v) is 11.5. The molecule has 0 bridgehead atoms. The van der Waals surface area contributed by atoms with E-state index in [9.17, 15) is 4.79 Å². The van der Waals surface area contributed by atoms with Gasteiger partial charge in [-0.15, -0.1) is 0 Å². The quantitative estimate of drug-likeness (QED) is 0.850. The highest BCUT2D eigenvalue weighted by Crippen LogP contribution is 2.47. The van der Waals surface area contributed by atoms with Crippen molar-refractivity contribution in [3.8, 4) is 0 Å². The molecule has 0 spiro atoms. The van der Waals surface area contributed by atoms with Crippen molar-refractivity contribution in [3.05, 3.63) is 18.3 Å². The van der Waals surface area contributed by atoms with Crippen molar-refractivity contribution in [1.82, 2.24) is 14.5 Å². The molecular weight excluding hydrogens is 262 g/mol. The van der Waals surface area contributed by atoms with Gasteiger partial charge in [-0.25, -0.2) is 9.97 Å². The summed E-state index contributed by atoms with van der Waals surface area (Å²) in [6.45, 7) is 3.11. The van der Waals surface area contributed by atoms with Crippen LogP contribution in [0.4, 0.5) is 0 Å². The van der Waals surface area contributed by atoms with Crippen LogP contribution in [-0.2, 0) is 11.3 Å². The van der Waals surface area contributed by atoms with Crippen LogP contribution in [0, 0.1) is 5.41 Å². The monoisotopic (exact) mass is 277 g/mol. The number of aromatic nitrogens is 3. The Bertz CT molecular complexity index is 634. The maximum atomic E-state index is 10.7. The molecule has 0 amide bonds. The minimum Gasteiger partial charge on any atom is -0.481 e. The van der Waals surface area contributed by atoms with Crippen LogP contribution in [0.15, 0.2) is 23.5 Å². The van der Waals surface area contributed by atoms with Gasteiger partial charge in [0.25, 0.3) is 0 Å². The van der Waals surface area contributed by atoms with Crippen LogP contribution >= 0.6 is 11.8 Å². The number of carboxylic acids is 1. The van der Waals surface area contributed by atoms with E-state index in [1.807, 2.05) is 12.1 Å². The van der Waals surface area contributed by atoms with E-state index in [0.717, 1.165) is 22.9 Å². The number of thioether (sulfide) groups is 1. The molecule has 1 aliphatic carbocycles. The fourth-order valence-corrected chi connectivity index (χ4v) is 2.79. The second kappa shape index (κ2) is 4.52. The van der Waals surface area contributed by atoms with E-state index in [1.165, 1.54) is 24.6 Å². The molecule has 2 heterocycles. The number of carbonyl (C=O) groups is 1. The van der Waals surface area contributed by atoms with Gasteiger partial charge in [-0.05, 0) is 30.4 Å². The number of pyridine rings is 1. The third-order valence-corrected chi connectivity index (χ3v) is 4.40. The van der Waals surface area contributed by atoms with E-state index < -0.39 is 5.97 Å². The molecule has 0 radical (unpaired) electrons. The lowest BCUT2D eigenvalue weighted by molar-refractivity contribution is -0.133. The van der Waals surface area contributed by atoms with Crippen LogP contribution in [0.2, 0.25) is 0 Å². The molecule has 0 atom stereocenters. The summed E-state index contributed by atoms with van der Waals surface area (Å²) in [6, 6.07) is 3.77. The van der Waals surface area contributed by atoms with Gasteiger partial charge < -0.3 is 9.67 Å². The number of aliphatic carboxylic acids is 1. The Hall–Kier alpha value is -1.56. The molecule has 1 saturated carbocycles. The molecule has 2 aromatic rings. The van der Waals surface area contributed by atoms with E-state index in [0.29, 0.717) is 5.41 Å². The minimum absolute atomic E-state index is 0.0278. The molecule has 1 N–H and O–H groups in total. The summed E-state index contributed by atoms with van der Waals surface area (Å²) in [4.78, 5) is 19.6. The summed E-state index contributed by atoms with van der Waals surface area (Å²) in [6.07, 6.45) is 4.17. The minimum atomic E-state index is -0.825. The second-order valence-electron chi connectivity index (χ2n) is 5.32. The van der Waals surface area contributed by atoms with E-state index in [4.69, 9.17) is 5.11 Å². The molecule has 0 unspecified atom stereocenters. The van der Waals surface area contributed by atoms with Crippen LogP contribution in [0.1, 0.15) is 19.8 Å². The van der Waals surface area contributed by atoms with Gasteiger partial charge >= 0.3 is 5.97 Å². The lowest BCUT2D eigenvalue weighted by Gasteiger charge is -2.12. The van der Waals surface area contributed by atoms with E-state index in [2.05, 4.69) is 21.5 Å². The molecule has 0 aromatic carbocycles. The predicted octanol–water partition coefficient (Wildman–Crippen LogP) is 2.41. The Morgan fingerprint density at radius 1 is 1.58 bits per heavy atom. The first-order valence-electron chi connectivity index (χ1n) is 6.23. The summed E-state index contributed by atoms with van der Waals surface area (Å²) in [7, 11) is 0. The van der Waals surface area contributed by atoms with Gasteiger partial charge in [0.05, 0.1) is 5.75 Å². The summed E-state index contributed by atoms with van der Waals surface area (Å²) in [5.41, 5.74) is 2.01. The predicted molar refractivity (Wildman–Crippen MR) is 73.2 cm³/mol. The van der Waals surface area contributed by atoms with Crippen molar-refractivity contribution in [2.75, 3.05) is 5.75 Å². The molecule has 1 aliphatic rings. The maximum absolute atomic E-state index is 10.7. The van der Waals surface area contributed by atoms with Crippen molar-refractivity contribution in [2.45, 2.75) is 31.5 Å². The largest absolute Gasteiger partial charge is 0.481 e. The number of nitrogens with zero attached hydrogens (tertiary/aromatic N) is 3. The average Bonchev–Trinajstić information content (AvgIpc) is 3.00. The normalized spacial score (nSPS) is 16.7. The smallest absolute Gasteiger partial charge is 0.313 e. The number of imidazole rings is 1. The lowest BCUT2D eigenvalue weighted by atomic mass is 10.1. The third-order valence-electron chi connectivity index (χ3n) is 3.44. The maximum Gasteiger partial charge on any atom is 0.313 e. The van der Waals surface area contributed by atoms with Gasteiger partial charge in [-0.1, -0.05) is 18.7 Å². The van der Waals surface area contributed by atoms with Crippen molar-refractivity contribution in [3.63, 3.8) is 0 Å².